The molecule has 0 spiro atoms. The molecule has 0 bridgehead atoms. The van der Waals surface area contributed by atoms with Crippen LogP contribution >= 0.6 is 11.6 Å². The number of pyridine rings is 1. The lowest BCUT2D eigenvalue weighted by Crippen LogP contribution is -2.00. The summed E-state index contributed by atoms with van der Waals surface area (Å²) in [6.45, 7) is 2.20. The summed E-state index contributed by atoms with van der Waals surface area (Å²) in [6, 6.07) is 11.8. The number of carbonyl (C=O) groups is 1. The Bertz CT molecular complexity index is 1010. The van der Waals surface area contributed by atoms with Crippen LogP contribution in [0.1, 0.15) is 28.5 Å². The van der Waals surface area contributed by atoms with Gasteiger partial charge in [0.2, 0.25) is 0 Å². The van der Waals surface area contributed by atoms with E-state index in [-0.39, 0.29) is 22.1 Å². The second-order valence-electron chi connectivity index (χ2n) is 5.53. The Hall–Kier alpha value is -3.05. The SMILES string of the molecule is CCOc1cc(/C=C/c2cc(C(=O)O)c3ccccc3n2)cc(Cl)c1O. The summed E-state index contributed by atoms with van der Waals surface area (Å²) in [6.07, 6.45) is 3.42. The Labute approximate surface area is 155 Å². The fourth-order valence-electron chi connectivity index (χ4n) is 2.60. The van der Waals surface area contributed by atoms with Crippen molar-refractivity contribution >= 4 is 40.6 Å². The highest BCUT2D eigenvalue weighted by molar-refractivity contribution is 6.32. The van der Waals surface area contributed by atoms with Gasteiger partial charge in [-0.05, 0) is 42.8 Å². The molecule has 2 aromatic carbocycles. The van der Waals surface area contributed by atoms with Gasteiger partial charge in [-0.1, -0.05) is 35.9 Å². The van der Waals surface area contributed by atoms with E-state index in [2.05, 4.69) is 4.98 Å². The van der Waals surface area contributed by atoms with Gasteiger partial charge in [-0.25, -0.2) is 9.78 Å². The summed E-state index contributed by atoms with van der Waals surface area (Å²) in [7, 11) is 0. The van der Waals surface area contributed by atoms with E-state index in [4.69, 9.17) is 16.3 Å². The highest BCUT2D eigenvalue weighted by atomic mass is 35.5. The molecule has 0 aliphatic rings. The molecular weight excluding hydrogens is 354 g/mol. The number of aromatic nitrogens is 1. The number of rotatable bonds is 5. The summed E-state index contributed by atoms with van der Waals surface area (Å²) in [5.41, 5.74) is 1.99. The number of halogens is 1. The monoisotopic (exact) mass is 369 g/mol. The van der Waals surface area contributed by atoms with Crippen LogP contribution in [0.3, 0.4) is 0 Å². The van der Waals surface area contributed by atoms with Crippen molar-refractivity contribution in [1.82, 2.24) is 4.98 Å². The lowest BCUT2D eigenvalue weighted by molar-refractivity contribution is 0.0699. The largest absolute Gasteiger partial charge is 0.503 e. The molecule has 6 heteroatoms. The topological polar surface area (TPSA) is 79.7 Å². The zero-order chi connectivity index (χ0) is 18.7. The predicted octanol–water partition coefficient (Wildman–Crippen LogP) is 4.86. The molecule has 0 aliphatic carbocycles. The molecule has 2 N–H and O–H groups in total. The molecule has 0 radical (unpaired) electrons. The Morgan fingerprint density at radius 2 is 2.00 bits per heavy atom. The fraction of sp³-hybridized carbons (Fsp3) is 0.100. The van der Waals surface area contributed by atoms with Crippen LogP contribution in [0.5, 0.6) is 11.5 Å². The van der Waals surface area contributed by atoms with Crippen LogP contribution in [0.4, 0.5) is 0 Å². The standard InChI is InChI=1S/C20H16ClNO4/c1-2-26-18-10-12(9-16(21)19(18)23)7-8-13-11-15(20(24)25)14-5-3-4-6-17(14)22-13/h3-11,23H,2H2,1H3,(H,24,25)/b8-7+. The number of para-hydroxylation sites is 1. The molecule has 0 saturated carbocycles. The van der Waals surface area contributed by atoms with Crippen LogP contribution in [-0.2, 0) is 0 Å². The number of hydrogen-bond donors (Lipinski definition) is 2. The van der Waals surface area contributed by atoms with Crippen molar-refractivity contribution < 1.29 is 19.7 Å². The van der Waals surface area contributed by atoms with E-state index in [1.165, 1.54) is 6.07 Å². The van der Waals surface area contributed by atoms with E-state index in [1.54, 1.807) is 42.5 Å². The summed E-state index contributed by atoms with van der Waals surface area (Å²) in [5.74, 6) is -0.829. The summed E-state index contributed by atoms with van der Waals surface area (Å²) >= 11 is 6.02. The smallest absolute Gasteiger partial charge is 0.336 e. The van der Waals surface area contributed by atoms with Crippen LogP contribution in [0.25, 0.3) is 23.1 Å². The third-order valence-electron chi connectivity index (χ3n) is 3.76. The van der Waals surface area contributed by atoms with Crippen molar-refractivity contribution in [1.29, 1.82) is 0 Å². The molecule has 132 valence electrons. The molecule has 0 saturated heterocycles. The van der Waals surface area contributed by atoms with Crippen molar-refractivity contribution in [2.45, 2.75) is 6.92 Å². The minimum Gasteiger partial charge on any atom is -0.503 e. The molecule has 3 aromatic rings. The Morgan fingerprint density at radius 3 is 2.73 bits per heavy atom. The first-order chi connectivity index (χ1) is 12.5. The molecule has 1 aromatic heterocycles. The van der Waals surface area contributed by atoms with Gasteiger partial charge in [0.25, 0.3) is 0 Å². The van der Waals surface area contributed by atoms with Crippen molar-refractivity contribution in [3.05, 3.63) is 64.3 Å². The van der Waals surface area contributed by atoms with Gasteiger partial charge in [0.15, 0.2) is 11.5 Å². The van der Waals surface area contributed by atoms with Crippen LogP contribution < -0.4 is 4.74 Å². The maximum absolute atomic E-state index is 11.5. The molecule has 0 unspecified atom stereocenters. The number of ether oxygens (including phenoxy) is 1. The van der Waals surface area contributed by atoms with E-state index >= 15 is 0 Å². The third-order valence-corrected chi connectivity index (χ3v) is 4.05. The second kappa shape index (κ2) is 7.45. The highest BCUT2D eigenvalue weighted by Crippen LogP contribution is 2.35. The van der Waals surface area contributed by atoms with Crippen LogP contribution in [0, 0.1) is 0 Å². The maximum Gasteiger partial charge on any atom is 0.336 e. The molecule has 0 aliphatic heterocycles. The molecule has 1 heterocycles. The van der Waals surface area contributed by atoms with Gasteiger partial charge < -0.3 is 14.9 Å². The van der Waals surface area contributed by atoms with Crippen molar-refractivity contribution in [2.24, 2.45) is 0 Å². The fourth-order valence-corrected chi connectivity index (χ4v) is 2.81. The first-order valence-corrected chi connectivity index (χ1v) is 8.34. The molecule has 5 nitrogen and oxygen atoms in total. The lowest BCUT2D eigenvalue weighted by atomic mass is 10.1. The van der Waals surface area contributed by atoms with E-state index in [0.29, 0.717) is 28.8 Å². The van der Waals surface area contributed by atoms with Crippen molar-refractivity contribution in [3.63, 3.8) is 0 Å². The number of phenols is 1. The average Bonchev–Trinajstić information content (AvgIpc) is 2.63. The van der Waals surface area contributed by atoms with E-state index in [0.717, 1.165) is 0 Å². The van der Waals surface area contributed by atoms with Gasteiger partial charge in [0.05, 0.1) is 28.4 Å². The van der Waals surface area contributed by atoms with Crippen molar-refractivity contribution in [2.75, 3.05) is 6.61 Å². The quantitative estimate of drug-likeness (QED) is 0.671. The molecule has 0 amide bonds. The first-order valence-electron chi connectivity index (χ1n) is 7.96. The number of phenolic OH excluding ortho intramolecular Hbond substituents is 1. The average molecular weight is 370 g/mol. The Morgan fingerprint density at radius 1 is 1.23 bits per heavy atom. The van der Waals surface area contributed by atoms with Crippen LogP contribution in [0.2, 0.25) is 5.02 Å². The lowest BCUT2D eigenvalue weighted by Gasteiger charge is -2.08. The zero-order valence-corrected chi connectivity index (χ0v) is 14.7. The summed E-state index contributed by atoms with van der Waals surface area (Å²) < 4.78 is 5.36. The Kier molecular flexibility index (Phi) is 5.09. The number of aromatic carboxylic acids is 1. The van der Waals surface area contributed by atoms with Gasteiger partial charge in [0, 0.05) is 5.39 Å². The molecular formula is C20H16ClNO4. The summed E-state index contributed by atoms with van der Waals surface area (Å²) in [5, 5.41) is 20.1. The van der Waals surface area contributed by atoms with E-state index in [9.17, 15) is 15.0 Å². The first kappa shape index (κ1) is 17.8. The van der Waals surface area contributed by atoms with Gasteiger partial charge in [-0.2, -0.15) is 0 Å². The zero-order valence-electron chi connectivity index (χ0n) is 13.9. The molecule has 3 rings (SSSR count). The number of carboxylic acids is 1. The molecule has 26 heavy (non-hydrogen) atoms. The minimum absolute atomic E-state index is 0.109. The van der Waals surface area contributed by atoms with Crippen LogP contribution in [0.15, 0.2) is 42.5 Å². The highest BCUT2D eigenvalue weighted by Gasteiger charge is 2.11. The van der Waals surface area contributed by atoms with E-state index < -0.39 is 5.97 Å². The number of nitrogens with zero attached hydrogens (tertiary/aromatic N) is 1. The van der Waals surface area contributed by atoms with Crippen molar-refractivity contribution in [3.8, 4) is 11.5 Å². The minimum atomic E-state index is -1.01. The Balaban J connectivity index is 2.02. The van der Waals surface area contributed by atoms with Gasteiger partial charge in [-0.3, -0.25) is 0 Å². The van der Waals surface area contributed by atoms with Gasteiger partial charge >= 0.3 is 5.97 Å². The maximum atomic E-state index is 11.5. The predicted molar refractivity (Wildman–Crippen MR) is 102 cm³/mol. The number of carboxylic acid groups (broad SMARTS) is 1. The van der Waals surface area contributed by atoms with Crippen LogP contribution in [-0.4, -0.2) is 27.8 Å². The molecule has 0 fully saturated rings. The molecule has 0 atom stereocenters. The third kappa shape index (κ3) is 3.63. The van der Waals surface area contributed by atoms with E-state index in [1.807, 2.05) is 13.0 Å². The number of fused-ring (bicyclic) bond motifs is 1. The number of aromatic hydroxyl groups is 1. The number of benzene rings is 2. The van der Waals surface area contributed by atoms with Gasteiger partial charge in [0.1, 0.15) is 0 Å². The number of hydrogen-bond acceptors (Lipinski definition) is 4. The summed E-state index contributed by atoms with van der Waals surface area (Å²) in [4.78, 5) is 16.0. The normalized spacial score (nSPS) is 11.2. The van der Waals surface area contributed by atoms with Gasteiger partial charge in [-0.15, -0.1) is 0 Å². The second-order valence-corrected chi connectivity index (χ2v) is 5.94.